The van der Waals surface area contributed by atoms with E-state index in [1.165, 1.54) is 6.07 Å². The Balaban J connectivity index is 2.34. The maximum atomic E-state index is 11.2. The Labute approximate surface area is 125 Å². The molecule has 5 nitrogen and oxygen atoms in total. The number of carboxylic acids is 1. The minimum atomic E-state index is -1.01. The molecule has 114 valence electrons. The van der Waals surface area contributed by atoms with Crippen molar-refractivity contribution >= 4 is 18.6 Å². The molecule has 0 aliphatic carbocycles. The molecule has 0 atom stereocenters. The molecule has 2 rings (SSSR count). The molecular formula is C15H21BO5. The Hall–Kier alpha value is -1.53. The highest BCUT2D eigenvalue weighted by Gasteiger charge is 2.51. The molecule has 0 amide bonds. The Morgan fingerprint density at radius 1 is 1.24 bits per heavy atom. The molecule has 0 spiro atoms. The highest BCUT2D eigenvalue weighted by molar-refractivity contribution is 6.62. The van der Waals surface area contributed by atoms with Crippen LogP contribution in [-0.4, -0.2) is 36.0 Å². The molecule has 6 heteroatoms. The number of aromatic carboxylic acids is 1. The van der Waals surface area contributed by atoms with Gasteiger partial charge in [0.05, 0.1) is 17.8 Å². The van der Waals surface area contributed by atoms with Gasteiger partial charge in [0.15, 0.2) is 0 Å². The van der Waals surface area contributed by atoms with Crippen molar-refractivity contribution in [1.29, 1.82) is 0 Å². The van der Waals surface area contributed by atoms with Gasteiger partial charge in [0.25, 0.3) is 0 Å². The van der Waals surface area contributed by atoms with Crippen LogP contribution in [0.25, 0.3) is 0 Å². The van der Waals surface area contributed by atoms with Crippen molar-refractivity contribution in [2.24, 2.45) is 0 Å². The predicted molar refractivity (Wildman–Crippen MR) is 80.3 cm³/mol. The topological polar surface area (TPSA) is 65.0 Å². The van der Waals surface area contributed by atoms with Gasteiger partial charge in [-0.1, -0.05) is 6.07 Å². The summed E-state index contributed by atoms with van der Waals surface area (Å²) in [6.07, 6.45) is 0. The van der Waals surface area contributed by atoms with Gasteiger partial charge in [-0.05, 0) is 52.2 Å². The Morgan fingerprint density at radius 2 is 1.81 bits per heavy atom. The van der Waals surface area contributed by atoms with Crippen LogP contribution in [0.15, 0.2) is 18.2 Å². The van der Waals surface area contributed by atoms with E-state index in [4.69, 9.17) is 14.0 Å². The van der Waals surface area contributed by atoms with Crippen molar-refractivity contribution in [2.45, 2.75) is 45.8 Å². The van der Waals surface area contributed by atoms with Crippen LogP contribution in [0.2, 0.25) is 0 Å². The van der Waals surface area contributed by atoms with Gasteiger partial charge in [-0.2, -0.15) is 0 Å². The van der Waals surface area contributed by atoms with Gasteiger partial charge in [0.1, 0.15) is 11.3 Å². The molecule has 0 aromatic heterocycles. The second-order valence-electron chi connectivity index (χ2n) is 6.08. The molecule has 0 radical (unpaired) electrons. The van der Waals surface area contributed by atoms with E-state index in [1.807, 2.05) is 34.6 Å². The second kappa shape index (κ2) is 5.35. The SMILES string of the molecule is CCOc1cc(B2OC(C)(C)C(C)(C)O2)ccc1C(=O)O. The van der Waals surface area contributed by atoms with Gasteiger partial charge < -0.3 is 19.2 Å². The van der Waals surface area contributed by atoms with E-state index in [1.54, 1.807) is 12.1 Å². The third kappa shape index (κ3) is 2.92. The Bertz CT molecular complexity index is 537. The van der Waals surface area contributed by atoms with Gasteiger partial charge in [-0.3, -0.25) is 0 Å². The van der Waals surface area contributed by atoms with Crippen molar-refractivity contribution in [3.05, 3.63) is 23.8 Å². The zero-order valence-corrected chi connectivity index (χ0v) is 13.1. The fourth-order valence-corrected chi connectivity index (χ4v) is 2.12. The lowest BCUT2D eigenvalue weighted by Gasteiger charge is -2.32. The number of hydrogen-bond donors (Lipinski definition) is 1. The maximum Gasteiger partial charge on any atom is 0.494 e. The highest BCUT2D eigenvalue weighted by atomic mass is 16.7. The van der Waals surface area contributed by atoms with Crippen molar-refractivity contribution in [3.63, 3.8) is 0 Å². The predicted octanol–water partition coefficient (Wildman–Crippen LogP) is 2.08. The molecule has 1 aromatic carbocycles. The standard InChI is InChI=1S/C15H21BO5/c1-6-19-12-9-10(7-8-11(12)13(17)18)16-20-14(2,3)15(4,5)21-16/h7-9H,6H2,1-5H3,(H,17,18). The average molecular weight is 292 g/mol. The van der Waals surface area contributed by atoms with Gasteiger partial charge in [0.2, 0.25) is 0 Å². The number of carboxylic acid groups (broad SMARTS) is 1. The Morgan fingerprint density at radius 3 is 2.29 bits per heavy atom. The second-order valence-corrected chi connectivity index (χ2v) is 6.08. The van der Waals surface area contributed by atoms with E-state index in [-0.39, 0.29) is 5.56 Å². The van der Waals surface area contributed by atoms with Crippen LogP contribution in [0.4, 0.5) is 0 Å². The lowest BCUT2D eigenvalue weighted by atomic mass is 9.78. The summed E-state index contributed by atoms with van der Waals surface area (Å²) in [4.78, 5) is 11.2. The molecule has 0 saturated carbocycles. The molecule has 1 fully saturated rings. The van der Waals surface area contributed by atoms with E-state index < -0.39 is 24.3 Å². The van der Waals surface area contributed by atoms with Gasteiger partial charge in [0, 0.05) is 0 Å². The first kappa shape index (κ1) is 15.9. The normalized spacial score (nSPS) is 19.6. The largest absolute Gasteiger partial charge is 0.494 e. The summed E-state index contributed by atoms with van der Waals surface area (Å²) in [5, 5.41) is 9.17. The zero-order valence-electron chi connectivity index (χ0n) is 13.1. The Kier molecular flexibility index (Phi) is 4.04. The summed E-state index contributed by atoms with van der Waals surface area (Å²) < 4.78 is 17.3. The quantitative estimate of drug-likeness (QED) is 0.861. The minimum Gasteiger partial charge on any atom is -0.493 e. The first-order chi connectivity index (χ1) is 9.68. The van der Waals surface area contributed by atoms with Crippen LogP contribution >= 0.6 is 0 Å². The van der Waals surface area contributed by atoms with E-state index in [2.05, 4.69) is 0 Å². The summed E-state index contributed by atoms with van der Waals surface area (Å²) in [6.45, 7) is 10.1. The van der Waals surface area contributed by atoms with Crippen LogP contribution < -0.4 is 10.2 Å². The molecule has 21 heavy (non-hydrogen) atoms. The molecule has 1 saturated heterocycles. The summed E-state index contributed by atoms with van der Waals surface area (Å²) in [5.41, 5.74) is 0.0170. The van der Waals surface area contributed by atoms with Crippen LogP contribution in [0.5, 0.6) is 5.75 Å². The summed E-state index contributed by atoms with van der Waals surface area (Å²) in [5.74, 6) is -0.684. The number of carbonyl (C=O) groups is 1. The van der Waals surface area contributed by atoms with Crippen LogP contribution in [0, 0.1) is 0 Å². The molecule has 1 aliphatic rings. The highest BCUT2D eigenvalue weighted by Crippen LogP contribution is 2.36. The van der Waals surface area contributed by atoms with E-state index in [9.17, 15) is 9.90 Å². The fraction of sp³-hybridized carbons (Fsp3) is 0.533. The van der Waals surface area contributed by atoms with Gasteiger partial charge in [-0.25, -0.2) is 4.79 Å². The molecule has 0 unspecified atom stereocenters. The molecule has 1 aliphatic heterocycles. The number of benzene rings is 1. The van der Waals surface area contributed by atoms with Crippen molar-refractivity contribution in [2.75, 3.05) is 6.61 Å². The van der Waals surface area contributed by atoms with Crippen molar-refractivity contribution in [3.8, 4) is 5.75 Å². The zero-order chi connectivity index (χ0) is 15.8. The molecular weight excluding hydrogens is 271 g/mol. The third-order valence-corrected chi connectivity index (χ3v) is 4.06. The summed E-state index contributed by atoms with van der Waals surface area (Å²) in [7, 11) is -0.531. The molecule has 1 heterocycles. The van der Waals surface area contributed by atoms with Gasteiger partial charge in [-0.15, -0.1) is 0 Å². The molecule has 1 aromatic rings. The van der Waals surface area contributed by atoms with Crippen LogP contribution in [0.1, 0.15) is 45.0 Å². The van der Waals surface area contributed by atoms with Crippen molar-refractivity contribution in [1.82, 2.24) is 0 Å². The van der Waals surface area contributed by atoms with Crippen LogP contribution in [-0.2, 0) is 9.31 Å². The van der Waals surface area contributed by atoms with E-state index >= 15 is 0 Å². The summed E-state index contributed by atoms with van der Waals surface area (Å²) in [6, 6.07) is 4.90. The lowest BCUT2D eigenvalue weighted by Crippen LogP contribution is -2.41. The lowest BCUT2D eigenvalue weighted by molar-refractivity contribution is 0.00578. The average Bonchev–Trinajstić information content (AvgIpc) is 2.58. The first-order valence-corrected chi connectivity index (χ1v) is 7.03. The number of hydrogen-bond acceptors (Lipinski definition) is 4. The number of rotatable bonds is 4. The van der Waals surface area contributed by atoms with Gasteiger partial charge >= 0.3 is 13.1 Å². The smallest absolute Gasteiger partial charge is 0.493 e. The van der Waals surface area contributed by atoms with E-state index in [0.29, 0.717) is 12.4 Å². The van der Waals surface area contributed by atoms with Crippen molar-refractivity contribution < 1.29 is 23.9 Å². The van der Waals surface area contributed by atoms with Crippen LogP contribution in [0.3, 0.4) is 0 Å². The summed E-state index contributed by atoms with van der Waals surface area (Å²) >= 11 is 0. The molecule has 0 bridgehead atoms. The maximum absolute atomic E-state index is 11.2. The first-order valence-electron chi connectivity index (χ1n) is 7.03. The van der Waals surface area contributed by atoms with E-state index in [0.717, 1.165) is 5.46 Å². The minimum absolute atomic E-state index is 0.136. The third-order valence-electron chi connectivity index (χ3n) is 4.06. The molecule has 1 N–H and O–H groups in total. The number of ether oxygens (including phenoxy) is 1. The fourth-order valence-electron chi connectivity index (χ4n) is 2.12. The monoisotopic (exact) mass is 292 g/mol.